The van der Waals surface area contributed by atoms with Gasteiger partial charge in [-0.05, 0) is 55.8 Å². The fraction of sp³-hybridized carbons (Fsp3) is 0.207. The highest BCUT2D eigenvalue weighted by atomic mass is 16.5. The summed E-state index contributed by atoms with van der Waals surface area (Å²) in [7, 11) is 3.15. The Morgan fingerprint density at radius 2 is 1.59 bits per heavy atom. The summed E-state index contributed by atoms with van der Waals surface area (Å²) < 4.78 is 12.8. The zero-order valence-corrected chi connectivity index (χ0v) is 21.1. The minimum atomic E-state index is -0.897. The molecule has 0 saturated carbocycles. The number of amides is 2. The van der Waals surface area contributed by atoms with E-state index in [4.69, 9.17) is 14.6 Å². The number of anilines is 1. The van der Waals surface area contributed by atoms with Crippen LogP contribution < -0.4 is 20.1 Å². The number of aryl methyl sites for hydroxylation is 2. The Balaban J connectivity index is 1.67. The van der Waals surface area contributed by atoms with Crippen LogP contribution in [-0.2, 0) is 4.79 Å². The molecule has 2 atom stereocenters. The van der Waals surface area contributed by atoms with Gasteiger partial charge in [0.2, 0.25) is 5.91 Å². The lowest BCUT2D eigenvalue weighted by atomic mass is 9.81. The molecule has 0 aliphatic carbocycles. The van der Waals surface area contributed by atoms with Gasteiger partial charge in [0.1, 0.15) is 23.4 Å². The fourth-order valence-corrected chi connectivity index (χ4v) is 4.75. The number of benzene rings is 3. The average molecular weight is 497 g/mol. The minimum Gasteiger partial charge on any atom is -0.497 e. The molecule has 2 heterocycles. The molecule has 3 aromatic carbocycles. The van der Waals surface area contributed by atoms with Gasteiger partial charge in [0.15, 0.2) is 0 Å². The highest BCUT2D eigenvalue weighted by molar-refractivity contribution is 6.04. The van der Waals surface area contributed by atoms with Gasteiger partial charge in [-0.2, -0.15) is 5.10 Å². The van der Waals surface area contributed by atoms with Crippen molar-refractivity contribution in [1.82, 2.24) is 15.1 Å². The highest BCUT2D eigenvalue weighted by Gasteiger charge is 2.42. The van der Waals surface area contributed by atoms with Gasteiger partial charge in [-0.15, -0.1) is 0 Å². The first kappa shape index (κ1) is 24.1. The predicted octanol–water partition coefficient (Wildman–Crippen LogP) is 4.39. The van der Waals surface area contributed by atoms with E-state index in [0.717, 1.165) is 28.1 Å². The molecule has 37 heavy (non-hydrogen) atoms. The van der Waals surface area contributed by atoms with Gasteiger partial charge < -0.3 is 20.1 Å². The molecule has 4 aromatic rings. The number of rotatable bonds is 6. The number of methoxy groups -OCH3 is 2. The molecule has 0 saturated heterocycles. The average Bonchev–Trinajstić information content (AvgIpc) is 3.24. The Bertz CT molecular complexity index is 1440. The van der Waals surface area contributed by atoms with Crippen LogP contribution in [0, 0.1) is 13.8 Å². The van der Waals surface area contributed by atoms with Crippen LogP contribution in [0.15, 0.2) is 72.8 Å². The number of nitrogens with one attached hydrogen (secondary N) is 2. The van der Waals surface area contributed by atoms with E-state index in [9.17, 15) is 9.59 Å². The fourth-order valence-electron chi connectivity index (χ4n) is 4.75. The maximum Gasteiger partial charge on any atom is 0.251 e. The molecular formula is C29H28N4O4. The molecule has 0 fully saturated rings. The van der Waals surface area contributed by atoms with Gasteiger partial charge >= 0.3 is 0 Å². The van der Waals surface area contributed by atoms with E-state index >= 15 is 0 Å². The maximum atomic E-state index is 13.6. The van der Waals surface area contributed by atoms with Crippen molar-refractivity contribution in [2.45, 2.75) is 25.8 Å². The molecule has 8 heteroatoms. The lowest BCUT2D eigenvalue weighted by Crippen LogP contribution is -2.50. The van der Waals surface area contributed by atoms with Crippen molar-refractivity contribution in [2.24, 2.45) is 0 Å². The zero-order chi connectivity index (χ0) is 26.1. The van der Waals surface area contributed by atoms with Crippen molar-refractivity contribution >= 4 is 17.6 Å². The third kappa shape index (κ3) is 4.53. The van der Waals surface area contributed by atoms with Crippen LogP contribution in [-0.4, -0.2) is 41.9 Å². The van der Waals surface area contributed by atoms with Crippen LogP contribution >= 0.6 is 0 Å². The first-order chi connectivity index (χ1) is 17.9. The first-order valence-corrected chi connectivity index (χ1v) is 12.0. The van der Waals surface area contributed by atoms with Crippen LogP contribution in [0.3, 0.4) is 0 Å². The summed E-state index contributed by atoms with van der Waals surface area (Å²) in [5.74, 6) is 0.518. The van der Waals surface area contributed by atoms with Crippen molar-refractivity contribution < 1.29 is 19.1 Å². The van der Waals surface area contributed by atoms with E-state index in [1.54, 1.807) is 49.2 Å². The zero-order valence-electron chi connectivity index (χ0n) is 21.1. The third-order valence-electron chi connectivity index (χ3n) is 6.61. The molecular weight excluding hydrogens is 468 g/mol. The van der Waals surface area contributed by atoms with Crippen LogP contribution in [0.4, 0.5) is 5.82 Å². The second-order valence-electron chi connectivity index (χ2n) is 9.03. The van der Waals surface area contributed by atoms with E-state index in [-0.39, 0.29) is 11.8 Å². The Morgan fingerprint density at radius 1 is 0.946 bits per heavy atom. The number of fused-ring (bicyclic) bond motifs is 1. The Hall–Kier alpha value is -4.59. The van der Waals surface area contributed by atoms with Crippen molar-refractivity contribution in [3.63, 3.8) is 0 Å². The summed E-state index contributed by atoms with van der Waals surface area (Å²) in [6, 6.07) is 21.3. The molecule has 188 valence electrons. The summed E-state index contributed by atoms with van der Waals surface area (Å²) in [5.41, 5.74) is 4.72. The number of hydrogen-bond acceptors (Lipinski definition) is 5. The van der Waals surface area contributed by atoms with Gasteiger partial charge in [0.25, 0.3) is 5.91 Å². The molecule has 0 radical (unpaired) electrons. The molecule has 1 aromatic heterocycles. The molecule has 0 unspecified atom stereocenters. The van der Waals surface area contributed by atoms with Gasteiger partial charge in [-0.25, -0.2) is 4.68 Å². The number of ether oxygens (including phenoxy) is 2. The van der Waals surface area contributed by atoms with E-state index in [2.05, 4.69) is 10.6 Å². The van der Waals surface area contributed by atoms with Crippen LogP contribution in [0.1, 0.15) is 38.7 Å². The molecule has 5 rings (SSSR count). The Labute approximate surface area is 215 Å². The van der Waals surface area contributed by atoms with Gasteiger partial charge in [-0.1, -0.05) is 35.9 Å². The Kier molecular flexibility index (Phi) is 6.40. The molecule has 1 aliphatic heterocycles. The smallest absolute Gasteiger partial charge is 0.251 e. The molecule has 2 N–H and O–H groups in total. The summed E-state index contributed by atoms with van der Waals surface area (Å²) >= 11 is 0. The monoisotopic (exact) mass is 496 g/mol. The van der Waals surface area contributed by atoms with Crippen molar-refractivity contribution in [1.29, 1.82) is 0 Å². The predicted molar refractivity (Wildman–Crippen MR) is 141 cm³/mol. The number of aromatic nitrogens is 2. The molecule has 0 bridgehead atoms. The SMILES string of the molecule is COc1cc(OC)cc([C@@H]2c3c(C)nn(-c4ccc(C)cc4)c3NC(=O)[C@@H]2NC(=O)c2ccccc2)c1. The number of carbonyl (C=O) groups is 2. The standard InChI is InChI=1S/C29H28N4O4/c1-17-10-12-21(13-11-17)33-27-24(18(2)32-33)25(20-14-22(36-3)16-23(15-20)37-4)26(29(35)31-27)30-28(34)19-8-6-5-7-9-19/h5-16,25-26H,1-4H3,(H,30,34)(H,31,35)/t25-,26-/m1/s1. The maximum absolute atomic E-state index is 13.6. The summed E-state index contributed by atoms with van der Waals surface area (Å²) in [5, 5.41) is 10.8. The quantitative estimate of drug-likeness (QED) is 0.413. The molecule has 0 spiro atoms. The van der Waals surface area contributed by atoms with Crippen LogP contribution in [0.2, 0.25) is 0 Å². The second-order valence-corrected chi connectivity index (χ2v) is 9.03. The molecule has 1 aliphatic rings. The number of hydrogen-bond donors (Lipinski definition) is 2. The van der Waals surface area contributed by atoms with Crippen molar-refractivity contribution in [3.05, 3.63) is 101 Å². The number of nitrogens with zero attached hydrogens (tertiary/aromatic N) is 2. The van der Waals surface area contributed by atoms with Crippen LogP contribution in [0.5, 0.6) is 11.5 Å². The second kappa shape index (κ2) is 9.81. The van der Waals surface area contributed by atoms with E-state index in [1.165, 1.54) is 0 Å². The summed E-state index contributed by atoms with van der Waals surface area (Å²) in [6.07, 6.45) is 0. The van der Waals surface area contributed by atoms with Crippen molar-refractivity contribution in [3.8, 4) is 17.2 Å². The normalized spacial score (nSPS) is 16.5. The third-order valence-corrected chi connectivity index (χ3v) is 6.61. The largest absolute Gasteiger partial charge is 0.497 e. The van der Waals surface area contributed by atoms with Gasteiger partial charge in [0.05, 0.1) is 25.6 Å². The lowest BCUT2D eigenvalue weighted by Gasteiger charge is -2.33. The van der Waals surface area contributed by atoms with E-state index < -0.39 is 12.0 Å². The van der Waals surface area contributed by atoms with Crippen LogP contribution in [0.25, 0.3) is 5.69 Å². The minimum absolute atomic E-state index is 0.336. The van der Waals surface area contributed by atoms with E-state index in [0.29, 0.717) is 22.9 Å². The summed E-state index contributed by atoms with van der Waals surface area (Å²) in [4.78, 5) is 26.8. The number of carbonyl (C=O) groups excluding carboxylic acids is 2. The highest BCUT2D eigenvalue weighted by Crippen LogP contribution is 2.42. The first-order valence-electron chi connectivity index (χ1n) is 12.0. The van der Waals surface area contributed by atoms with E-state index in [1.807, 2.05) is 56.3 Å². The topological polar surface area (TPSA) is 94.5 Å². The summed E-state index contributed by atoms with van der Waals surface area (Å²) in [6.45, 7) is 3.92. The molecule has 2 amide bonds. The van der Waals surface area contributed by atoms with Gasteiger partial charge in [0, 0.05) is 23.1 Å². The lowest BCUT2D eigenvalue weighted by molar-refractivity contribution is -0.118. The Morgan fingerprint density at radius 3 is 2.22 bits per heavy atom. The molecule has 8 nitrogen and oxygen atoms in total. The van der Waals surface area contributed by atoms with Crippen molar-refractivity contribution in [2.75, 3.05) is 19.5 Å². The van der Waals surface area contributed by atoms with Gasteiger partial charge in [-0.3, -0.25) is 9.59 Å².